The largest absolute Gasteiger partial charge is 0.380 e. The monoisotopic (exact) mass is 277 g/mol. The highest BCUT2D eigenvalue weighted by Gasteiger charge is 2.29. The molecule has 0 radical (unpaired) electrons. The molecule has 0 amide bonds. The quantitative estimate of drug-likeness (QED) is 0.932. The summed E-state index contributed by atoms with van der Waals surface area (Å²) >= 11 is 0. The molecule has 1 aliphatic heterocycles. The molecule has 6 heteroatoms. The van der Waals surface area contributed by atoms with Crippen molar-refractivity contribution in [1.29, 1.82) is 0 Å². The van der Waals surface area contributed by atoms with E-state index in [2.05, 4.69) is 15.5 Å². The minimum absolute atomic E-state index is 0.00384. The zero-order valence-corrected chi connectivity index (χ0v) is 11.4. The van der Waals surface area contributed by atoms with Gasteiger partial charge in [0.2, 0.25) is 11.7 Å². The molecule has 0 aliphatic carbocycles. The summed E-state index contributed by atoms with van der Waals surface area (Å²) in [5.74, 6) is 0.622. The number of nitrogens with one attached hydrogen (secondary N) is 1. The Hall–Kier alpha value is -1.79. The number of ether oxygens (including phenoxy) is 1. The minimum atomic E-state index is -0.301. The molecule has 0 bridgehead atoms. The zero-order chi connectivity index (χ0) is 14.1. The first-order valence-corrected chi connectivity index (χ1v) is 6.53. The van der Waals surface area contributed by atoms with Crippen LogP contribution in [0.3, 0.4) is 0 Å². The van der Waals surface area contributed by atoms with E-state index < -0.39 is 0 Å². The fourth-order valence-electron chi connectivity index (χ4n) is 2.43. The predicted octanol–water partition coefficient (Wildman–Crippen LogP) is 2.23. The van der Waals surface area contributed by atoms with Crippen molar-refractivity contribution in [3.63, 3.8) is 0 Å². The molecular formula is C14H16FN3O2. The number of aromatic nitrogens is 2. The van der Waals surface area contributed by atoms with E-state index in [4.69, 9.17) is 9.26 Å². The topological polar surface area (TPSA) is 60.2 Å². The molecule has 0 saturated carbocycles. The van der Waals surface area contributed by atoms with Crippen LogP contribution in [0.5, 0.6) is 0 Å². The van der Waals surface area contributed by atoms with Gasteiger partial charge in [0.25, 0.3) is 0 Å². The molecule has 1 aliphatic rings. The van der Waals surface area contributed by atoms with Gasteiger partial charge in [0.05, 0.1) is 12.1 Å². The number of nitrogens with zero attached hydrogens (tertiary/aromatic N) is 2. The summed E-state index contributed by atoms with van der Waals surface area (Å²) in [6, 6.07) is 4.70. The highest BCUT2D eigenvalue weighted by Crippen LogP contribution is 2.26. The SMILES string of the molecule is CO[C@@H]1CN[C@@H](c2nc(-c3cc(C)cc(F)c3)no2)C1. The molecule has 1 N–H and O–H groups in total. The third-order valence-corrected chi connectivity index (χ3v) is 3.46. The molecule has 1 saturated heterocycles. The summed E-state index contributed by atoms with van der Waals surface area (Å²) < 4.78 is 24.0. The van der Waals surface area contributed by atoms with E-state index in [0.29, 0.717) is 17.3 Å². The van der Waals surface area contributed by atoms with Gasteiger partial charge in [-0.05, 0) is 37.1 Å². The van der Waals surface area contributed by atoms with Gasteiger partial charge in [-0.15, -0.1) is 0 Å². The minimum Gasteiger partial charge on any atom is -0.380 e. The van der Waals surface area contributed by atoms with Crippen LogP contribution in [0.25, 0.3) is 11.4 Å². The predicted molar refractivity (Wildman–Crippen MR) is 70.6 cm³/mol. The van der Waals surface area contributed by atoms with Crippen LogP contribution in [0.2, 0.25) is 0 Å². The summed E-state index contributed by atoms with van der Waals surface area (Å²) in [5.41, 5.74) is 1.45. The van der Waals surface area contributed by atoms with Gasteiger partial charge in [0.1, 0.15) is 5.82 Å². The van der Waals surface area contributed by atoms with Crippen LogP contribution in [-0.2, 0) is 4.74 Å². The van der Waals surface area contributed by atoms with Crippen LogP contribution in [-0.4, -0.2) is 29.9 Å². The molecule has 2 heterocycles. The van der Waals surface area contributed by atoms with Gasteiger partial charge in [0, 0.05) is 19.2 Å². The number of methoxy groups -OCH3 is 1. The summed E-state index contributed by atoms with van der Waals surface area (Å²) in [6.45, 7) is 2.59. The lowest BCUT2D eigenvalue weighted by Crippen LogP contribution is -2.16. The normalized spacial score (nSPS) is 22.4. The molecule has 2 aromatic rings. The van der Waals surface area contributed by atoms with Crippen molar-refractivity contribution in [1.82, 2.24) is 15.5 Å². The molecule has 2 atom stereocenters. The standard InChI is InChI=1S/C14H16FN3O2/c1-8-3-9(5-10(15)4-8)13-17-14(20-18-13)12-6-11(19-2)7-16-12/h3-5,11-12,16H,6-7H2,1-2H3/t11-,12+/m0/s1. The van der Waals surface area contributed by atoms with Gasteiger partial charge < -0.3 is 14.6 Å². The number of benzene rings is 1. The first-order valence-electron chi connectivity index (χ1n) is 6.53. The van der Waals surface area contributed by atoms with Crippen molar-refractivity contribution >= 4 is 0 Å². The summed E-state index contributed by atoms with van der Waals surface area (Å²) in [7, 11) is 1.68. The molecule has 3 rings (SSSR count). The third-order valence-electron chi connectivity index (χ3n) is 3.46. The smallest absolute Gasteiger partial charge is 0.244 e. The Morgan fingerprint density at radius 3 is 2.95 bits per heavy atom. The van der Waals surface area contributed by atoms with Gasteiger partial charge >= 0.3 is 0 Å². The lowest BCUT2D eigenvalue weighted by Gasteiger charge is -2.04. The van der Waals surface area contributed by atoms with Crippen molar-refractivity contribution in [2.24, 2.45) is 0 Å². The summed E-state index contributed by atoms with van der Waals surface area (Å²) in [4.78, 5) is 4.35. The van der Waals surface area contributed by atoms with Crippen LogP contribution in [0.1, 0.15) is 23.9 Å². The molecule has 1 aromatic heterocycles. The van der Waals surface area contributed by atoms with Crippen molar-refractivity contribution in [3.05, 3.63) is 35.5 Å². The molecule has 1 fully saturated rings. The number of rotatable bonds is 3. The Bertz CT molecular complexity index is 594. The van der Waals surface area contributed by atoms with Gasteiger partial charge in [-0.3, -0.25) is 0 Å². The molecule has 5 nitrogen and oxygen atoms in total. The van der Waals surface area contributed by atoms with Crippen molar-refractivity contribution in [3.8, 4) is 11.4 Å². The van der Waals surface area contributed by atoms with Crippen LogP contribution >= 0.6 is 0 Å². The average Bonchev–Trinajstić information content (AvgIpc) is 3.06. The second kappa shape index (κ2) is 5.30. The fraction of sp³-hybridized carbons (Fsp3) is 0.429. The molecule has 1 aromatic carbocycles. The second-order valence-electron chi connectivity index (χ2n) is 5.03. The van der Waals surface area contributed by atoms with E-state index >= 15 is 0 Å². The third kappa shape index (κ3) is 2.57. The molecule has 0 spiro atoms. The van der Waals surface area contributed by atoms with Gasteiger partial charge in [-0.1, -0.05) is 5.16 Å². The van der Waals surface area contributed by atoms with Gasteiger partial charge in [-0.25, -0.2) is 4.39 Å². The van der Waals surface area contributed by atoms with E-state index in [1.165, 1.54) is 12.1 Å². The first kappa shape index (κ1) is 13.2. The maximum atomic E-state index is 13.4. The molecule has 20 heavy (non-hydrogen) atoms. The Morgan fingerprint density at radius 2 is 2.25 bits per heavy atom. The molecule has 106 valence electrons. The van der Waals surface area contributed by atoms with E-state index in [1.54, 1.807) is 7.11 Å². The number of hydrogen-bond donors (Lipinski definition) is 1. The maximum Gasteiger partial charge on any atom is 0.244 e. The highest BCUT2D eigenvalue weighted by atomic mass is 19.1. The van der Waals surface area contributed by atoms with Crippen LogP contribution < -0.4 is 5.32 Å². The van der Waals surface area contributed by atoms with Crippen molar-refractivity contribution in [2.75, 3.05) is 13.7 Å². The van der Waals surface area contributed by atoms with E-state index in [9.17, 15) is 4.39 Å². The van der Waals surface area contributed by atoms with Crippen molar-refractivity contribution < 1.29 is 13.7 Å². The number of halogens is 1. The average molecular weight is 277 g/mol. The maximum absolute atomic E-state index is 13.4. The summed E-state index contributed by atoms with van der Waals surface area (Å²) in [5, 5.41) is 7.20. The zero-order valence-electron chi connectivity index (χ0n) is 11.4. The summed E-state index contributed by atoms with van der Waals surface area (Å²) in [6.07, 6.45) is 0.951. The van der Waals surface area contributed by atoms with Crippen molar-refractivity contribution in [2.45, 2.75) is 25.5 Å². The van der Waals surface area contributed by atoms with E-state index in [-0.39, 0.29) is 18.0 Å². The molecular weight excluding hydrogens is 261 g/mol. The number of hydrogen-bond acceptors (Lipinski definition) is 5. The van der Waals surface area contributed by atoms with Gasteiger partial charge in [-0.2, -0.15) is 4.98 Å². The van der Waals surface area contributed by atoms with E-state index in [0.717, 1.165) is 18.5 Å². The lowest BCUT2D eigenvalue weighted by atomic mass is 10.1. The van der Waals surface area contributed by atoms with Crippen LogP contribution in [0, 0.1) is 12.7 Å². The lowest BCUT2D eigenvalue weighted by molar-refractivity contribution is 0.116. The highest BCUT2D eigenvalue weighted by molar-refractivity contribution is 5.55. The van der Waals surface area contributed by atoms with Gasteiger partial charge in [0.15, 0.2) is 0 Å². The second-order valence-corrected chi connectivity index (χ2v) is 5.03. The Labute approximate surface area is 116 Å². The fourth-order valence-corrected chi connectivity index (χ4v) is 2.43. The van der Waals surface area contributed by atoms with E-state index in [1.807, 2.05) is 13.0 Å². The first-order chi connectivity index (χ1) is 9.65. The Balaban J connectivity index is 1.83. The van der Waals surface area contributed by atoms with Crippen LogP contribution in [0.4, 0.5) is 4.39 Å². The molecule has 0 unspecified atom stereocenters. The Kier molecular flexibility index (Phi) is 3.50. The number of aryl methyl sites for hydroxylation is 1. The van der Waals surface area contributed by atoms with Crippen LogP contribution in [0.15, 0.2) is 22.7 Å². The Morgan fingerprint density at radius 1 is 1.40 bits per heavy atom.